The zero-order valence-electron chi connectivity index (χ0n) is 18.9. The molecule has 4 rings (SSSR count). The second-order valence-corrected chi connectivity index (χ2v) is 8.10. The van der Waals surface area contributed by atoms with Crippen LogP contribution < -0.4 is 10.2 Å². The Morgan fingerprint density at radius 1 is 1.11 bits per heavy atom. The molecule has 0 aliphatic rings. The Labute approximate surface area is 206 Å². The Hall–Kier alpha value is -3.82. The Morgan fingerprint density at radius 3 is 2.60 bits per heavy atom. The lowest BCUT2D eigenvalue weighted by atomic mass is 10.0. The van der Waals surface area contributed by atoms with Crippen LogP contribution in [0.5, 0.6) is 0 Å². The first-order valence-corrected chi connectivity index (χ1v) is 11.2. The highest BCUT2D eigenvalue weighted by molar-refractivity contribution is 6.31. The van der Waals surface area contributed by atoms with Gasteiger partial charge in [-0.1, -0.05) is 59.3 Å². The molecule has 0 aliphatic carbocycles. The largest absolute Gasteiger partial charge is 0.383 e. The van der Waals surface area contributed by atoms with Gasteiger partial charge >= 0.3 is 0 Å². The molecule has 8 nitrogen and oxygen atoms in total. The van der Waals surface area contributed by atoms with Gasteiger partial charge in [0, 0.05) is 19.3 Å². The minimum atomic E-state index is -1.06. The lowest BCUT2D eigenvalue weighted by Crippen LogP contribution is -2.46. The Morgan fingerprint density at radius 2 is 1.86 bits per heavy atom. The molecule has 0 fully saturated rings. The van der Waals surface area contributed by atoms with Crippen molar-refractivity contribution in [3.05, 3.63) is 89.2 Å². The summed E-state index contributed by atoms with van der Waals surface area (Å²) >= 11 is 6.06. The lowest BCUT2D eigenvalue weighted by Gasteiger charge is -2.31. The molecule has 1 heterocycles. The van der Waals surface area contributed by atoms with Gasteiger partial charge in [0.05, 0.1) is 17.1 Å². The molecule has 10 heteroatoms. The van der Waals surface area contributed by atoms with Gasteiger partial charge in [0.15, 0.2) is 0 Å². The van der Waals surface area contributed by atoms with E-state index in [9.17, 15) is 14.0 Å². The molecule has 0 aliphatic heterocycles. The Balaban J connectivity index is 1.78. The van der Waals surface area contributed by atoms with Crippen LogP contribution in [0.4, 0.5) is 10.1 Å². The van der Waals surface area contributed by atoms with Crippen LogP contribution >= 0.6 is 11.6 Å². The fraction of sp³-hybridized carbons (Fsp3) is 0.200. The van der Waals surface area contributed by atoms with Gasteiger partial charge < -0.3 is 10.1 Å². The van der Waals surface area contributed by atoms with Crippen LogP contribution in [-0.2, 0) is 20.9 Å². The number of aromatic nitrogens is 3. The third kappa shape index (κ3) is 5.47. The zero-order valence-corrected chi connectivity index (χ0v) is 19.7. The number of halogens is 2. The van der Waals surface area contributed by atoms with Crippen LogP contribution in [0.2, 0.25) is 5.02 Å². The molecule has 1 N–H and O–H groups in total. The van der Waals surface area contributed by atoms with Gasteiger partial charge in [-0.2, -0.15) is 0 Å². The second kappa shape index (κ2) is 11.1. The van der Waals surface area contributed by atoms with Crippen molar-refractivity contribution in [1.29, 1.82) is 0 Å². The number of para-hydroxylation sites is 1. The summed E-state index contributed by atoms with van der Waals surface area (Å²) in [4.78, 5) is 28.5. The third-order valence-electron chi connectivity index (χ3n) is 5.38. The molecule has 35 heavy (non-hydrogen) atoms. The summed E-state index contributed by atoms with van der Waals surface area (Å²) in [5.74, 6) is -1.52. The molecular weight excluding hydrogens is 473 g/mol. The van der Waals surface area contributed by atoms with Crippen molar-refractivity contribution in [1.82, 2.24) is 20.3 Å². The van der Waals surface area contributed by atoms with Crippen LogP contribution in [-0.4, -0.2) is 47.1 Å². The number of carbonyl (C=O) groups excluding carboxylic acids is 2. The highest BCUT2D eigenvalue weighted by Crippen LogP contribution is 2.31. The predicted octanol–water partition coefficient (Wildman–Crippen LogP) is 3.76. The van der Waals surface area contributed by atoms with E-state index in [1.807, 2.05) is 18.2 Å². The van der Waals surface area contributed by atoms with Gasteiger partial charge in [-0.25, -0.2) is 9.07 Å². The maximum Gasteiger partial charge on any atom is 0.249 e. The number of fused-ring (bicyclic) bond motifs is 1. The smallest absolute Gasteiger partial charge is 0.249 e. The monoisotopic (exact) mass is 495 g/mol. The van der Waals surface area contributed by atoms with E-state index in [1.54, 1.807) is 36.4 Å². The van der Waals surface area contributed by atoms with E-state index in [-0.39, 0.29) is 23.8 Å². The fourth-order valence-electron chi connectivity index (χ4n) is 3.74. The standard InChI is InChI=1S/C25H23ClFN5O3/c1-35-14-13-28-25(34)24(17-7-3-2-4-8-17)32(18-11-12-20(27)19(26)15-18)23(33)16-31-22-10-6-5-9-21(22)29-30-31/h2-12,15,24H,13-14,16H2,1H3,(H,28,34)/t24-/m1/s1. The van der Waals surface area contributed by atoms with Gasteiger partial charge in [-0.05, 0) is 35.9 Å². The number of hydrogen-bond donors (Lipinski definition) is 1. The van der Waals surface area contributed by atoms with Crippen molar-refractivity contribution in [2.75, 3.05) is 25.2 Å². The number of nitrogens with one attached hydrogen (secondary N) is 1. The average molecular weight is 496 g/mol. The van der Waals surface area contributed by atoms with Crippen LogP contribution in [0.25, 0.3) is 11.0 Å². The molecule has 2 amide bonds. The van der Waals surface area contributed by atoms with Crippen LogP contribution in [0.15, 0.2) is 72.8 Å². The fourth-order valence-corrected chi connectivity index (χ4v) is 3.91. The van der Waals surface area contributed by atoms with Crippen molar-refractivity contribution in [3.8, 4) is 0 Å². The average Bonchev–Trinajstić information content (AvgIpc) is 3.27. The number of ether oxygens (including phenoxy) is 1. The molecule has 0 bridgehead atoms. The maximum absolute atomic E-state index is 14.0. The molecule has 3 aromatic carbocycles. The summed E-state index contributed by atoms with van der Waals surface area (Å²) in [6.07, 6.45) is 0. The van der Waals surface area contributed by atoms with E-state index >= 15 is 0 Å². The number of amides is 2. The Kier molecular flexibility index (Phi) is 7.69. The quantitative estimate of drug-likeness (QED) is 0.357. The number of benzene rings is 3. The van der Waals surface area contributed by atoms with E-state index < -0.39 is 23.7 Å². The normalized spacial score (nSPS) is 11.9. The lowest BCUT2D eigenvalue weighted by molar-refractivity contribution is -0.127. The number of carbonyl (C=O) groups is 2. The van der Waals surface area contributed by atoms with Gasteiger partial charge in [-0.3, -0.25) is 14.5 Å². The van der Waals surface area contributed by atoms with Gasteiger partial charge in [-0.15, -0.1) is 5.10 Å². The molecular formula is C25H23ClFN5O3. The minimum Gasteiger partial charge on any atom is -0.383 e. The number of rotatable bonds is 9. The summed E-state index contributed by atoms with van der Waals surface area (Å²) in [6.45, 7) is 0.345. The topological polar surface area (TPSA) is 89.4 Å². The number of anilines is 1. The molecule has 1 atom stereocenters. The zero-order chi connectivity index (χ0) is 24.8. The molecule has 0 radical (unpaired) electrons. The summed E-state index contributed by atoms with van der Waals surface area (Å²) in [6, 6.07) is 18.9. The van der Waals surface area contributed by atoms with Crippen molar-refractivity contribution in [3.63, 3.8) is 0 Å². The van der Waals surface area contributed by atoms with Crippen LogP contribution in [0.1, 0.15) is 11.6 Å². The van der Waals surface area contributed by atoms with E-state index in [1.165, 1.54) is 28.8 Å². The summed E-state index contributed by atoms with van der Waals surface area (Å²) in [7, 11) is 1.53. The molecule has 0 saturated carbocycles. The number of methoxy groups -OCH3 is 1. The molecule has 0 saturated heterocycles. The highest BCUT2D eigenvalue weighted by atomic mass is 35.5. The summed E-state index contributed by atoms with van der Waals surface area (Å²) < 4.78 is 20.5. The predicted molar refractivity (Wildman–Crippen MR) is 130 cm³/mol. The second-order valence-electron chi connectivity index (χ2n) is 7.70. The molecule has 180 valence electrons. The van der Waals surface area contributed by atoms with Gasteiger partial charge in [0.1, 0.15) is 23.9 Å². The number of nitrogens with zero attached hydrogens (tertiary/aromatic N) is 4. The SMILES string of the molecule is COCCNC(=O)[C@@H](c1ccccc1)N(C(=O)Cn1nnc2ccccc21)c1ccc(F)c(Cl)c1. The van der Waals surface area contributed by atoms with Crippen molar-refractivity contribution in [2.45, 2.75) is 12.6 Å². The van der Waals surface area contributed by atoms with E-state index in [0.717, 1.165) is 6.07 Å². The van der Waals surface area contributed by atoms with E-state index in [2.05, 4.69) is 15.6 Å². The maximum atomic E-state index is 14.0. The van der Waals surface area contributed by atoms with E-state index in [4.69, 9.17) is 16.3 Å². The third-order valence-corrected chi connectivity index (χ3v) is 5.67. The van der Waals surface area contributed by atoms with Crippen molar-refractivity contribution in [2.24, 2.45) is 0 Å². The van der Waals surface area contributed by atoms with Crippen molar-refractivity contribution >= 4 is 40.1 Å². The highest BCUT2D eigenvalue weighted by Gasteiger charge is 2.33. The first-order valence-electron chi connectivity index (χ1n) is 10.9. The molecule has 1 aromatic heterocycles. The summed E-state index contributed by atoms with van der Waals surface area (Å²) in [5, 5.41) is 10.8. The van der Waals surface area contributed by atoms with Crippen LogP contribution in [0.3, 0.4) is 0 Å². The van der Waals surface area contributed by atoms with Gasteiger partial charge in [0.25, 0.3) is 0 Å². The number of hydrogen-bond acceptors (Lipinski definition) is 5. The summed E-state index contributed by atoms with van der Waals surface area (Å²) in [5.41, 5.74) is 2.13. The van der Waals surface area contributed by atoms with Crippen LogP contribution in [0, 0.1) is 5.82 Å². The molecule has 4 aromatic rings. The Bertz CT molecular complexity index is 1330. The molecule has 0 unspecified atom stereocenters. The first-order chi connectivity index (χ1) is 17.0. The van der Waals surface area contributed by atoms with E-state index in [0.29, 0.717) is 23.2 Å². The minimum absolute atomic E-state index is 0.168. The van der Waals surface area contributed by atoms with Gasteiger partial charge in [0.2, 0.25) is 11.8 Å². The molecule has 0 spiro atoms. The first kappa shape index (κ1) is 24.3. The van der Waals surface area contributed by atoms with Crippen molar-refractivity contribution < 1.29 is 18.7 Å².